The number of methoxy groups -OCH3 is 1. The van der Waals surface area contributed by atoms with Crippen molar-refractivity contribution in [3.63, 3.8) is 0 Å². The second-order valence-corrected chi connectivity index (χ2v) is 4.05. The highest BCUT2D eigenvalue weighted by Crippen LogP contribution is 2.32. The minimum atomic E-state index is 0.0192. The molecule has 6 heteroatoms. The number of phenolic OH excluding ortho intramolecular Hbond substituents is 1. The Morgan fingerprint density at radius 2 is 2.15 bits per heavy atom. The average Bonchev–Trinajstić information content (AvgIpc) is 2.97. The van der Waals surface area contributed by atoms with Crippen molar-refractivity contribution in [3.05, 3.63) is 42.7 Å². The lowest BCUT2D eigenvalue weighted by Gasteiger charge is -2.02. The summed E-state index contributed by atoms with van der Waals surface area (Å²) in [5, 5.41) is 13.8. The number of nitrogens with zero attached hydrogens (tertiary/aromatic N) is 3. The normalized spacial score (nSPS) is 10.4. The van der Waals surface area contributed by atoms with E-state index in [0.717, 1.165) is 5.56 Å². The Hall–Kier alpha value is -2.89. The minimum Gasteiger partial charge on any atom is -0.507 e. The lowest BCUT2D eigenvalue weighted by atomic mass is 10.2. The SMILES string of the molecule is COc1ccc(-c2nc(-c3cccnc3)no2)c(O)c1. The summed E-state index contributed by atoms with van der Waals surface area (Å²) in [6, 6.07) is 8.48. The molecule has 3 aromatic rings. The lowest BCUT2D eigenvalue weighted by molar-refractivity contribution is 0.405. The van der Waals surface area contributed by atoms with Gasteiger partial charge in [0, 0.05) is 24.0 Å². The summed E-state index contributed by atoms with van der Waals surface area (Å²) in [4.78, 5) is 8.24. The summed E-state index contributed by atoms with van der Waals surface area (Å²) in [6.45, 7) is 0. The third kappa shape index (κ3) is 2.18. The molecule has 1 N–H and O–H groups in total. The molecule has 6 nitrogen and oxygen atoms in total. The van der Waals surface area contributed by atoms with Gasteiger partial charge in [-0.25, -0.2) is 0 Å². The zero-order valence-corrected chi connectivity index (χ0v) is 10.6. The van der Waals surface area contributed by atoms with Crippen molar-refractivity contribution in [3.8, 4) is 34.3 Å². The van der Waals surface area contributed by atoms with Gasteiger partial charge in [0.05, 0.1) is 12.7 Å². The fourth-order valence-corrected chi connectivity index (χ4v) is 1.76. The quantitative estimate of drug-likeness (QED) is 0.786. The number of hydrogen-bond donors (Lipinski definition) is 1. The van der Waals surface area contributed by atoms with Gasteiger partial charge in [0.15, 0.2) is 0 Å². The van der Waals surface area contributed by atoms with Crippen LogP contribution in [0.15, 0.2) is 47.2 Å². The van der Waals surface area contributed by atoms with Gasteiger partial charge in [-0.3, -0.25) is 4.98 Å². The fraction of sp³-hybridized carbons (Fsp3) is 0.0714. The molecule has 0 aliphatic rings. The van der Waals surface area contributed by atoms with Crippen LogP contribution in [0.5, 0.6) is 11.5 Å². The van der Waals surface area contributed by atoms with Crippen molar-refractivity contribution in [2.75, 3.05) is 7.11 Å². The van der Waals surface area contributed by atoms with Crippen molar-refractivity contribution in [2.45, 2.75) is 0 Å². The molecule has 0 radical (unpaired) electrons. The summed E-state index contributed by atoms with van der Waals surface area (Å²) < 4.78 is 10.2. The Bertz CT molecular complexity index is 726. The predicted molar refractivity (Wildman–Crippen MR) is 71.2 cm³/mol. The first-order valence-electron chi connectivity index (χ1n) is 5.89. The molecule has 0 saturated heterocycles. The van der Waals surface area contributed by atoms with E-state index in [4.69, 9.17) is 9.26 Å². The van der Waals surface area contributed by atoms with Gasteiger partial charge in [-0.15, -0.1) is 0 Å². The number of rotatable bonds is 3. The van der Waals surface area contributed by atoms with Crippen LogP contribution < -0.4 is 4.74 Å². The summed E-state index contributed by atoms with van der Waals surface area (Å²) in [5.41, 5.74) is 1.20. The standard InChI is InChI=1S/C14H11N3O3/c1-19-10-4-5-11(12(18)7-10)14-16-13(17-20-14)9-3-2-6-15-8-9/h2-8,18H,1H3. The number of aromatic nitrogens is 3. The van der Waals surface area contributed by atoms with E-state index in [1.54, 1.807) is 30.6 Å². The molecule has 0 atom stereocenters. The molecule has 20 heavy (non-hydrogen) atoms. The number of phenols is 1. The fourth-order valence-electron chi connectivity index (χ4n) is 1.76. The van der Waals surface area contributed by atoms with Crippen molar-refractivity contribution in [2.24, 2.45) is 0 Å². The Morgan fingerprint density at radius 1 is 1.25 bits per heavy atom. The van der Waals surface area contributed by atoms with E-state index in [-0.39, 0.29) is 11.6 Å². The molecule has 1 aromatic carbocycles. The van der Waals surface area contributed by atoms with Crippen LogP contribution in [0, 0.1) is 0 Å². The van der Waals surface area contributed by atoms with E-state index >= 15 is 0 Å². The van der Waals surface area contributed by atoms with Gasteiger partial charge in [-0.2, -0.15) is 4.98 Å². The molecule has 0 aliphatic carbocycles. The Labute approximate surface area is 114 Å². The Balaban J connectivity index is 1.98. The molecule has 100 valence electrons. The van der Waals surface area contributed by atoms with Crippen LogP contribution in [-0.4, -0.2) is 27.3 Å². The average molecular weight is 269 g/mol. The largest absolute Gasteiger partial charge is 0.507 e. The van der Waals surface area contributed by atoms with Crippen molar-refractivity contribution in [1.82, 2.24) is 15.1 Å². The van der Waals surface area contributed by atoms with E-state index in [0.29, 0.717) is 17.1 Å². The number of aromatic hydroxyl groups is 1. The first-order chi connectivity index (χ1) is 9.78. The topological polar surface area (TPSA) is 81.3 Å². The van der Waals surface area contributed by atoms with Crippen LogP contribution in [0.25, 0.3) is 22.8 Å². The lowest BCUT2D eigenvalue weighted by Crippen LogP contribution is -1.85. The van der Waals surface area contributed by atoms with Crippen LogP contribution in [0.1, 0.15) is 0 Å². The highest BCUT2D eigenvalue weighted by atomic mass is 16.5. The third-order valence-corrected chi connectivity index (χ3v) is 2.78. The van der Waals surface area contributed by atoms with Gasteiger partial charge in [-0.05, 0) is 24.3 Å². The van der Waals surface area contributed by atoms with Crippen LogP contribution >= 0.6 is 0 Å². The monoisotopic (exact) mass is 269 g/mol. The van der Waals surface area contributed by atoms with E-state index < -0.39 is 0 Å². The number of ether oxygens (including phenoxy) is 1. The van der Waals surface area contributed by atoms with E-state index in [9.17, 15) is 5.11 Å². The zero-order chi connectivity index (χ0) is 13.9. The Morgan fingerprint density at radius 3 is 2.85 bits per heavy atom. The maximum Gasteiger partial charge on any atom is 0.262 e. The molecule has 0 amide bonds. The number of benzene rings is 1. The van der Waals surface area contributed by atoms with E-state index in [1.807, 2.05) is 6.07 Å². The van der Waals surface area contributed by atoms with Gasteiger partial charge in [0.2, 0.25) is 5.82 Å². The van der Waals surface area contributed by atoms with Gasteiger partial charge >= 0.3 is 0 Å². The van der Waals surface area contributed by atoms with Crippen LogP contribution in [0.4, 0.5) is 0 Å². The molecule has 2 heterocycles. The molecule has 3 rings (SSSR count). The third-order valence-electron chi connectivity index (χ3n) is 2.78. The first-order valence-corrected chi connectivity index (χ1v) is 5.89. The number of pyridine rings is 1. The van der Waals surface area contributed by atoms with Gasteiger partial charge < -0.3 is 14.4 Å². The summed E-state index contributed by atoms with van der Waals surface area (Å²) in [7, 11) is 1.53. The van der Waals surface area contributed by atoms with Gasteiger partial charge in [0.1, 0.15) is 11.5 Å². The summed E-state index contributed by atoms with van der Waals surface area (Å²) in [5.74, 6) is 1.23. The summed E-state index contributed by atoms with van der Waals surface area (Å²) in [6.07, 6.45) is 3.31. The highest BCUT2D eigenvalue weighted by molar-refractivity contribution is 5.65. The Kier molecular flexibility index (Phi) is 3.04. The molecule has 0 spiro atoms. The molecular formula is C14H11N3O3. The molecule has 0 saturated carbocycles. The smallest absolute Gasteiger partial charge is 0.262 e. The molecule has 0 unspecified atom stereocenters. The highest BCUT2D eigenvalue weighted by Gasteiger charge is 2.14. The van der Waals surface area contributed by atoms with Gasteiger partial charge in [-0.1, -0.05) is 5.16 Å². The van der Waals surface area contributed by atoms with Crippen molar-refractivity contribution in [1.29, 1.82) is 0 Å². The second kappa shape index (κ2) is 5.00. The summed E-state index contributed by atoms with van der Waals surface area (Å²) >= 11 is 0. The van der Waals surface area contributed by atoms with Gasteiger partial charge in [0.25, 0.3) is 5.89 Å². The molecule has 2 aromatic heterocycles. The predicted octanol–water partition coefficient (Wildman–Crippen LogP) is 2.51. The zero-order valence-electron chi connectivity index (χ0n) is 10.6. The van der Waals surface area contributed by atoms with E-state index in [2.05, 4.69) is 15.1 Å². The van der Waals surface area contributed by atoms with E-state index in [1.165, 1.54) is 13.2 Å². The first kappa shape index (κ1) is 12.2. The number of hydrogen-bond acceptors (Lipinski definition) is 6. The molecule has 0 aliphatic heterocycles. The van der Waals surface area contributed by atoms with Crippen LogP contribution in [0.2, 0.25) is 0 Å². The van der Waals surface area contributed by atoms with Crippen molar-refractivity contribution >= 4 is 0 Å². The molecular weight excluding hydrogens is 258 g/mol. The maximum absolute atomic E-state index is 9.94. The minimum absolute atomic E-state index is 0.0192. The maximum atomic E-state index is 9.94. The van der Waals surface area contributed by atoms with Crippen LogP contribution in [0.3, 0.4) is 0 Å². The second-order valence-electron chi connectivity index (χ2n) is 4.05. The molecule has 0 bridgehead atoms. The van der Waals surface area contributed by atoms with Crippen molar-refractivity contribution < 1.29 is 14.4 Å². The van der Waals surface area contributed by atoms with Crippen LogP contribution in [-0.2, 0) is 0 Å². The molecule has 0 fully saturated rings.